The van der Waals surface area contributed by atoms with E-state index in [1.165, 1.54) is 5.56 Å². The first kappa shape index (κ1) is 23.1. The molecule has 3 aromatic rings. The van der Waals surface area contributed by atoms with E-state index in [1.54, 1.807) is 12.4 Å². The van der Waals surface area contributed by atoms with Gasteiger partial charge < -0.3 is 20.1 Å². The van der Waals surface area contributed by atoms with E-state index in [4.69, 9.17) is 21.1 Å². The SMILES string of the molecule is Clc1ccc(COc2cc(CNCC3CNC3)cc(OCCc3ccncc3)c2)c(Br)c1. The fourth-order valence-corrected chi connectivity index (χ4v) is 4.25. The number of benzene rings is 2. The second-order valence-electron chi connectivity index (χ2n) is 7.95. The fraction of sp³-hybridized carbons (Fsp3) is 0.320. The Morgan fingerprint density at radius 1 is 1.00 bits per heavy atom. The second-order valence-corrected chi connectivity index (χ2v) is 9.24. The van der Waals surface area contributed by atoms with Gasteiger partial charge >= 0.3 is 0 Å². The maximum Gasteiger partial charge on any atom is 0.123 e. The molecular weight excluding hydrogens is 490 g/mol. The summed E-state index contributed by atoms with van der Waals surface area (Å²) in [5, 5.41) is 7.55. The number of aromatic nitrogens is 1. The van der Waals surface area contributed by atoms with Crippen molar-refractivity contribution in [2.75, 3.05) is 26.2 Å². The van der Waals surface area contributed by atoms with E-state index >= 15 is 0 Å². The smallest absolute Gasteiger partial charge is 0.123 e. The molecule has 7 heteroatoms. The summed E-state index contributed by atoms with van der Waals surface area (Å²) in [6, 6.07) is 15.9. The summed E-state index contributed by atoms with van der Waals surface area (Å²) >= 11 is 9.61. The van der Waals surface area contributed by atoms with Crippen LogP contribution in [0, 0.1) is 5.92 Å². The molecule has 32 heavy (non-hydrogen) atoms. The fourth-order valence-electron chi connectivity index (χ4n) is 3.45. The van der Waals surface area contributed by atoms with Crippen molar-refractivity contribution >= 4 is 27.5 Å². The summed E-state index contributed by atoms with van der Waals surface area (Å²) in [5.74, 6) is 2.32. The highest BCUT2D eigenvalue weighted by Crippen LogP contribution is 2.27. The van der Waals surface area contributed by atoms with Crippen molar-refractivity contribution in [1.82, 2.24) is 15.6 Å². The van der Waals surface area contributed by atoms with Crippen LogP contribution in [0.15, 0.2) is 65.4 Å². The number of nitrogens with zero attached hydrogens (tertiary/aromatic N) is 1. The first-order valence-electron chi connectivity index (χ1n) is 10.8. The molecule has 168 valence electrons. The summed E-state index contributed by atoms with van der Waals surface area (Å²) < 4.78 is 13.1. The number of ether oxygens (including phenoxy) is 2. The maximum atomic E-state index is 6.12. The number of pyridine rings is 1. The Hall–Kier alpha value is -2.12. The lowest BCUT2D eigenvalue weighted by atomic mass is 10.0. The molecule has 0 atom stereocenters. The molecule has 0 spiro atoms. The van der Waals surface area contributed by atoms with Crippen LogP contribution in [0.2, 0.25) is 5.02 Å². The van der Waals surface area contributed by atoms with Gasteiger partial charge in [-0.2, -0.15) is 0 Å². The van der Waals surface area contributed by atoms with Gasteiger partial charge in [0.2, 0.25) is 0 Å². The van der Waals surface area contributed by atoms with Crippen molar-refractivity contribution in [1.29, 1.82) is 0 Å². The van der Waals surface area contributed by atoms with Crippen LogP contribution >= 0.6 is 27.5 Å². The average Bonchev–Trinajstić information content (AvgIpc) is 2.76. The molecule has 0 radical (unpaired) electrons. The highest BCUT2D eigenvalue weighted by atomic mass is 79.9. The van der Waals surface area contributed by atoms with Gasteiger partial charge in [-0.3, -0.25) is 4.98 Å². The summed E-state index contributed by atoms with van der Waals surface area (Å²) in [6.07, 6.45) is 4.44. The Balaban J connectivity index is 1.40. The van der Waals surface area contributed by atoms with Crippen LogP contribution in [0.25, 0.3) is 0 Å². The van der Waals surface area contributed by atoms with Gasteiger partial charge in [0.15, 0.2) is 0 Å². The van der Waals surface area contributed by atoms with E-state index in [0.717, 1.165) is 59.7 Å². The maximum absolute atomic E-state index is 6.12. The quantitative estimate of drug-likeness (QED) is 0.375. The van der Waals surface area contributed by atoms with Crippen LogP contribution in [-0.2, 0) is 19.6 Å². The number of hydrogen-bond donors (Lipinski definition) is 2. The van der Waals surface area contributed by atoms with Crippen molar-refractivity contribution in [3.8, 4) is 11.5 Å². The summed E-state index contributed by atoms with van der Waals surface area (Å²) in [6.45, 7) is 5.01. The Morgan fingerprint density at radius 3 is 2.50 bits per heavy atom. The topological polar surface area (TPSA) is 55.4 Å². The van der Waals surface area contributed by atoms with Gasteiger partial charge in [0.05, 0.1) is 6.61 Å². The molecule has 0 unspecified atom stereocenters. The van der Waals surface area contributed by atoms with E-state index in [2.05, 4.69) is 43.7 Å². The highest BCUT2D eigenvalue weighted by Gasteiger charge is 2.15. The molecular formula is C25H27BrClN3O2. The molecule has 1 aliphatic heterocycles. The largest absolute Gasteiger partial charge is 0.493 e. The molecule has 5 nitrogen and oxygen atoms in total. The zero-order valence-corrected chi connectivity index (χ0v) is 20.2. The molecule has 0 amide bonds. The third-order valence-electron chi connectivity index (χ3n) is 5.39. The Labute approximate surface area is 202 Å². The molecule has 1 aliphatic rings. The minimum Gasteiger partial charge on any atom is -0.493 e. The third-order valence-corrected chi connectivity index (χ3v) is 6.36. The number of hydrogen-bond acceptors (Lipinski definition) is 5. The van der Waals surface area contributed by atoms with Crippen molar-refractivity contribution in [3.05, 3.63) is 87.1 Å². The Kier molecular flexibility index (Phi) is 8.40. The number of rotatable bonds is 11. The van der Waals surface area contributed by atoms with Crippen LogP contribution in [0.4, 0.5) is 0 Å². The van der Waals surface area contributed by atoms with Gasteiger partial charge in [-0.05, 0) is 53.4 Å². The summed E-state index contributed by atoms with van der Waals surface area (Å²) in [4.78, 5) is 4.06. The van der Waals surface area contributed by atoms with Gasteiger partial charge in [-0.15, -0.1) is 0 Å². The number of nitrogens with one attached hydrogen (secondary N) is 2. The van der Waals surface area contributed by atoms with Crippen LogP contribution in [0.5, 0.6) is 11.5 Å². The molecule has 1 fully saturated rings. The highest BCUT2D eigenvalue weighted by molar-refractivity contribution is 9.10. The predicted octanol–water partition coefficient (Wildman–Crippen LogP) is 5.01. The van der Waals surface area contributed by atoms with Gasteiger partial charge in [0.1, 0.15) is 18.1 Å². The van der Waals surface area contributed by atoms with Crippen LogP contribution in [0.3, 0.4) is 0 Å². The minimum atomic E-state index is 0.443. The summed E-state index contributed by atoms with van der Waals surface area (Å²) in [7, 11) is 0. The molecule has 2 aromatic carbocycles. The summed E-state index contributed by atoms with van der Waals surface area (Å²) in [5.41, 5.74) is 3.38. The molecule has 0 bridgehead atoms. The second kappa shape index (κ2) is 11.7. The predicted molar refractivity (Wildman–Crippen MR) is 131 cm³/mol. The molecule has 0 aliphatic carbocycles. The van der Waals surface area contributed by atoms with Gasteiger partial charge in [0.25, 0.3) is 0 Å². The third kappa shape index (κ3) is 6.94. The van der Waals surface area contributed by atoms with Crippen molar-refractivity contribution in [3.63, 3.8) is 0 Å². The van der Waals surface area contributed by atoms with E-state index in [-0.39, 0.29) is 0 Å². The lowest BCUT2D eigenvalue weighted by Gasteiger charge is -2.27. The zero-order chi connectivity index (χ0) is 22.2. The zero-order valence-electron chi connectivity index (χ0n) is 17.8. The van der Waals surface area contributed by atoms with E-state index in [9.17, 15) is 0 Å². The normalized spacial score (nSPS) is 13.6. The molecule has 4 rings (SSSR count). The standard InChI is InChI=1S/C25H27BrClN3O2/c26-25-11-22(27)2-1-21(25)17-32-24-10-19(13-29-14-20-15-30-16-20)9-23(12-24)31-8-5-18-3-6-28-7-4-18/h1-4,6-7,9-12,20,29-30H,5,8,13-17H2. The monoisotopic (exact) mass is 515 g/mol. The van der Waals surface area contributed by atoms with E-state index < -0.39 is 0 Å². The average molecular weight is 517 g/mol. The molecule has 2 heterocycles. The lowest BCUT2D eigenvalue weighted by Crippen LogP contribution is -2.47. The lowest BCUT2D eigenvalue weighted by molar-refractivity contribution is 0.294. The molecule has 1 aromatic heterocycles. The van der Waals surface area contributed by atoms with E-state index in [0.29, 0.717) is 24.2 Å². The minimum absolute atomic E-state index is 0.443. The Bertz CT molecular complexity index is 1020. The molecule has 1 saturated heterocycles. The van der Waals surface area contributed by atoms with Crippen molar-refractivity contribution in [2.45, 2.75) is 19.6 Å². The van der Waals surface area contributed by atoms with Crippen LogP contribution in [0.1, 0.15) is 16.7 Å². The molecule has 0 saturated carbocycles. The first-order valence-corrected chi connectivity index (χ1v) is 12.0. The van der Waals surface area contributed by atoms with Gasteiger partial charge in [0, 0.05) is 66.1 Å². The van der Waals surface area contributed by atoms with Crippen molar-refractivity contribution in [2.24, 2.45) is 5.92 Å². The first-order chi connectivity index (χ1) is 15.7. The number of halogens is 2. The van der Waals surface area contributed by atoms with Crippen molar-refractivity contribution < 1.29 is 9.47 Å². The van der Waals surface area contributed by atoms with Crippen LogP contribution in [-0.4, -0.2) is 31.2 Å². The van der Waals surface area contributed by atoms with Crippen LogP contribution < -0.4 is 20.1 Å². The molecule has 2 N–H and O–H groups in total. The van der Waals surface area contributed by atoms with Gasteiger partial charge in [-0.25, -0.2) is 0 Å². The van der Waals surface area contributed by atoms with E-state index in [1.807, 2.05) is 36.4 Å². The van der Waals surface area contributed by atoms with Gasteiger partial charge in [-0.1, -0.05) is 33.6 Å². The Morgan fingerprint density at radius 2 is 1.78 bits per heavy atom.